The van der Waals surface area contributed by atoms with Crippen molar-refractivity contribution in [2.75, 3.05) is 25.5 Å². The predicted molar refractivity (Wildman–Crippen MR) is 101 cm³/mol. The largest absolute Gasteiger partial charge is 0.497 e. The number of aromatic nitrogens is 2. The number of ether oxygens (including phenoxy) is 1. The zero-order valence-electron chi connectivity index (χ0n) is 15.4. The van der Waals surface area contributed by atoms with Crippen molar-refractivity contribution < 1.29 is 14.3 Å². The highest BCUT2D eigenvalue weighted by atomic mass is 16.5. The van der Waals surface area contributed by atoms with Gasteiger partial charge in [-0.1, -0.05) is 0 Å². The summed E-state index contributed by atoms with van der Waals surface area (Å²) in [4.78, 5) is 27.2. The number of fused-ring (bicyclic) bond motifs is 1. The van der Waals surface area contributed by atoms with Crippen LogP contribution in [0.2, 0.25) is 0 Å². The fourth-order valence-corrected chi connectivity index (χ4v) is 4.02. The first-order valence-electron chi connectivity index (χ1n) is 9.38. The van der Waals surface area contributed by atoms with E-state index in [1.165, 1.54) is 0 Å². The molecular formula is C20H24N4O3. The van der Waals surface area contributed by atoms with E-state index in [4.69, 9.17) is 4.74 Å². The molecule has 0 bridgehead atoms. The first-order chi connectivity index (χ1) is 13.1. The maximum absolute atomic E-state index is 13.2. The minimum Gasteiger partial charge on any atom is -0.497 e. The normalized spacial score (nSPS) is 20.1. The molecule has 7 heteroatoms. The molecule has 1 saturated heterocycles. The van der Waals surface area contributed by atoms with Gasteiger partial charge in [-0.2, -0.15) is 5.10 Å². The number of carbonyl (C=O) groups excluding carboxylic acids is 2. The van der Waals surface area contributed by atoms with E-state index in [2.05, 4.69) is 10.4 Å². The molecule has 1 atom stereocenters. The molecule has 142 valence electrons. The van der Waals surface area contributed by atoms with E-state index in [0.717, 1.165) is 38.0 Å². The molecule has 7 nitrogen and oxygen atoms in total. The number of benzene rings is 1. The van der Waals surface area contributed by atoms with Crippen LogP contribution in [0.15, 0.2) is 36.7 Å². The first kappa shape index (κ1) is 17.6. The van der Waals surface area contributed by atoms with E-state index < -0.39 is 5.92 Å². The average molecular weight is 368 g/mol. The average Bonchev–Trinajstić information content (AvgIpc) is 3.20. The molecule has 1 unspecified atom stereocenters. The van der Waals surface area contributed by atoms with E-state index in [-0.39, 0.29) is 18.2 Å². The molecule has 0 aliphatic carbocycles. The summed E-state index contributed by atoms with van der Waals surface area (Å²) in [7, 11) is 1.60. The number of methoxy groups -OCH3 is 1. The Kier molecular flexibility index (Phi) is 4.83. The third-order valence-corrected chi connectivity index (χ3v) is 5.53. The van der Waals surface area contributed by atoms with Crippen LogP contribution in [0.3, 0.4) is 0 Å². The van der Waals surface area contributed by atoms with Crippen LogP contribution in [0.25, 0.3) is 0 Å². The van der Waals surface area contributed by atoms with Crippen LogP contribution in [-0.2, 0) is 16.1 Å². The summed E-state index contributed by atoms with van der Waals surface area (Å²) in [6.45, 7) is 2.34. The van der Waals surface area contributed by atoms with Gasteiger partial charge in [0.25, 0.3) is 0 Å². The molecule has 1 aromatic heterocycles. The number of nitrogens with zero attached hydrogens (tertiary/aromatic N) is 3. The lowest BCUT2D eigenvalue weighted by molar-refractivity contribution is -0.136. The number of hydrogen-bond acceptors (Lipinski definition) is 4. The molecule has 2 amide bonds. The van der Waals surface area contributed by atoms with Crippen LogP contribution in [0.4, 0.5) is 5.69 Å². The Hall–Kier alpha value is -2.83. The highest BCUT2D eigenvalue weighted by molar-refractivity contribution is 6.01. The van der Waals surface area contributed by atoms with Crippen LogP contribution in [0, 0.1) is 5.92 Å². The van der Waals surface area contributed by atoms with Crippen molar-refractivity contribution in [2.24, 2.45) is 5.92 Å². The Morgan fingerprint density at radius 3 is 2.85 bits per heavy atom. The summed E-state index contributed by atoms with van der Waals surface area (Å²) in [5, 5.41) is 7.12. The van der Waals surface area contributed by atoms with E-state index in [1.807, 2.05) is 34.0 Å². The van der Waals surface area contributed by atoms with Gasteiger partial charge in [-0.25, -0.2) is 0 Å². The molecule has 1 N–H and O–H groups in total. The Bertz CT molecular complexity index is 826. The van der Waals surface area contributed by atoms with Crippen molar-refractivity contribution in [3.05, 3.63) is 42.2 Å². The Morgan fingerprint density at radius 1 is 1.33 bits per heavy atom. The van der Waals surface area contributed by atoms with Gasteiger partial charge in [-0.05, 0) is 48.6 Å². The van der Waals surface area contributed by atoms with Gasteiger partial charge < -0.3 is 15.0 Å². The van der Waals surface area contributed by atoms with Gasteiger partial charge in [0, 0.05) is 44.1 Å². The molecule has 4 rings (SSSR count). The van der Waals surface area contributed by atoms with Crippen LogP contribution in [-0.4, -0.2) is 46.7 Å². The van der Waals surface area contributed by atoms with Crippen LogP contribution >= 0.6 is 0 Å². The Labute approximate surface area is 158 Å². The number of hydrogen-bond donors (Lipinski definition) is 1. The zero-order chi connectivity index (χ0) is 18.8. The van der Waals surface area contributed by atoms with E-state index in [1.54, 1.807) is 19.4 Å². The molecule has 1 fully saturated rings. The van der Waals surface area contributed by atoms with Gasteiger partial charge >= 0.3 is 0 Å². The predicted octanol–water partition coefficient (Wildman–Crippen LogP) is 2.26. The smallest absolute Gasteiger partial charge is 0.230 e. The quantitative estimate of drug-likeness (QED) is 0.898. The summed E-state index contributed by atoms with van der Waals surface area (Å²) < 4.78 is 7.25. The zero-order valence-corrected chi connectivity index (χ0v) is 15.4. The van der Waals surface area contributed by atoms with Crippen LogP contribution in [0.1, 0.15) is 30.7 Å². The highest BCUT2D eigenvalue weighted by Gasteiger charge is 2.35. The van der Waals surface area contributed by atoms with Gasteiger partial charge in [-0.3, -0.25) is 14.3 Å². The van der Waals surface area contributed by atoms with Crippen molar-refractivity contribution in [3.63, 3.8) is 0 Å². The van der Waals surface area contributed by atoms with E-state index in [0.29, 0.717) is 17.4 Å². The molecule has 0 saturated carbocycles. The molecule has 3 heterocycles. The van der Waals surface area contributed by atoms with Crippen molar-refractivity contribution >= 4 is 17.5 Å². The monoisotopic (exact) mass is 368 g/mol. The molecule has 2 aliphatic heterocycles. The van der Waals surface area contributed by atoms with Crippen molar-refractivity contribution in [2.45, 2.75) is 31.7 Å². The maximum Gasteiger partial charge on any atom is 0.230 e. The first-order valence-corrected chi connectivity index (χ1v) is 9.38. The van der Waals surface area contributed by atoms with Gasteiger partial charge in [0.1, 0.15) is 5.75 Å². The number of nitrogens with one attached hydrogen (secondary N) is 1. The minimum atomic E-state index is -0.438. The number of carbonyl (C=O) groups is 2. The van der Waals surface area contributed by atoms with Gasteiger partial charge in [0.2, 0.25) is 11.8 Å². The molecular weight excluding hydrogens is 344 g/mol. The molecule has 0 radical (unpaired) electrons. The van der Waals surface area contributed by atoms with Crippen molar-refractivity contribution in [3.8, 4) is 5.75 Å². The highest BCUT2D eigenvalue weighted by Crippen LogP contribution is 2.36. The van der Waals surface area contributed by atoms with Crippen molar-refractivity contribution in [1.82, 2.24) is 14.7 Å². The number of amides is 2. The summed E-state index contributed by atoms with van der Waals surface area (Å²) in [5.74, 6) is 0.708. The second-order valence-corrected chi connectivity index (χ2v) is 7.25. The fraction of sp³-hybridized carbons (Fsp3) is 0.450. The lowest BCUT2D eigenvalue weighted by atomic mass is 9.87. The molecule has 1 aromatic carbocycles. The number of likely N-dealkylation sites (tertiary alicyclic amines) is 1. The standard InChI is InChI=1S/C20H24N4O3/c1-27-15-3-4-18-16(11-15)17(12-19(25)22-18)20(26)23-9-5-14(6-10-23)13-24-8-2-7-21-24/h2-4,7-8,11,14,17H,5-6,9-10,12-13H2,1H3,(H,22,25). The third kappa shape index (κ3) is 3.67. The van der Waals surface area contributed by atoms with Crippen molar-refractivity contribution in [1.29, 1.82) is 0 Å². The topological polar surface area (TPSA) is 76.5 Å². The minimum absolute atomic E-state index is 0.0388. The molecule has 2 aromatic rings. The van der Waals surface area contributed by atoms with Crippen LogP contribution < -0.4 is 10.1 Å². The number of rotatable bonds is 4. The van der Waals surface area contributed by atoms with Crippen LogP contribution in [0.5, 0.6) is 5.75 Å². The lowest BCUT2D eigenvalue weighted by Gasteiger charge is -2.35. The van der Waals surface area contributed by atoms with Gasteiger partial charge in [0.05, 0.1) is 13.0 Å². The Balaban J connectivity index is 1.45. The number of piperidine rings is 1. The summed E-state index contributed by atoms with van der Waals surface area (Å²) in [6, 6.07) is 7.40. The molecule has 0 spiro atoms. The van der Waals surface area contributed by atoms with Gasteiger partial charge in [0.15, 0.2) is 0 Å². The molecule has 27 heavy (non-hydrogen) atoms. The summed E-state index contributed by atoms with van der Waals surface area (Å²) >= 11 is 0. The summed E-state index contributed by atoms with van der Waals surface area (Å²) in [6.07, 6.45) is 5.86. The van der Waals surface area contributed by atoms with E-state index >= 15 is 0 Å². The molecule has 2 aliphatic rings. The number of anilines is 1. The maximum atomic E-state index is 13.2. The summed E-state index contributed by atoms with van der Waals surface area (Å²) in [5.41, 5.74) is 1.55. The van der Waals surface area contributed by atoms with Gasteiger partial charge in [-0.15, -0.1) is 0 Å². The lowest BCUT2D eigenvalue weighted by Crippen LogP contribution is -2.43. The third-order valence-electron chi connectivity index (χ3n) is 5.53. The Morgan fingerprint density at radius 2 is 2.15 bits per heavy atom. The second kappa shape index (κ2) is 7.42. The fourth-order valence-electron chi connectivity index (χ4n) is 4.02. The SMILES string of the molecule is COc1ccc2c(c1)C(C(=O)N1CCC(Cn3cccn3)CC1)CC(=O)N2. The second-order valence-electron chi connectivity index (χ2n) is 7.25. The van der Waals surface area contributed by atoms with E-state index in [9.17, 15) is 9.59 Å².